The molecule has 0 bridgehead atoms. The molecule has 12 heavy (non-hydrogen) atoms. The molecule has 0 aliphatic rings. The molecular formula is C4H10O8. The summed E-state index contributed by atoms with van der Waals surface area (Å²) in [7, 11) is 0. The van der Waals surface area contributed by atoms with Crippen LogP contribution in [-0.4, -0.2) is 55.5 Å². The summed E-state index contributed by atoms with van der Waals surface area (Å²) < 4.78 is 0. The molecule has 0 fully saturated rings. The molecule has 0 aromatic heterocycles. The van der Waals surface area contributed by atoms with Crippen LogP contribution in [0.2, 0.25) is 0 Å². The quantitative estimate of drug-likeness (QED) is 0.351. The Morgan fingerprint density at radius 2 is 1.00 bits per heavy atom. The lowest BCUT2D eigenvalue weighted by Crippen LogP contribution is -2.39. The molecule has 0 spiro atoms. The molecule has 2 atom stereocenters. The van der Waals surface area contributed by atoms with E-state index in [0.29, 0.717) is 0 Å². The number of hydrogen-bond donors (Lipinski definition) is 4. The second kappa shape index (κ2) is 6.49. The van der Waals surface area contributed by atoms with E-state index in [4.69, 9.17) is 20.4 Å². The van der Waals surface area contributed by atoms with Crippen molar-refractivity contribution < 1.29 is 41.0 Å². The summed E-state index contributed by atoms with van der Waals surface area (Å²) in [5.74, 6) is -3.54. The first-order chi connectivity index (χ1) is 4.46. The van der Waals surface area contributed by atoms with Crippen molar-refractivity contribution in [3.63, 3.8) is 0 Å². The highest BCUT2D eigenvalue weighted by Gasteiger charge is 2.29. The molecule has 8 N–H and O–H groups in total. The molecule has 0 amide bonds. The molecule has 0 aromatic carbocycles. The summed E-state index contributed by atoms with van der Waals surface area (Å²) in [4.78, 5) is 19.5. The van der Waals surface area contributed by atoms with E-state index >= 15 is 0 Å². The van der Waals surface area contributed by atoms with E-state index in [9.17, 15) is 9.59 Å². The molecule has 0 unspecified atom stereocenters. The standard InChI is InChI=1S/C4H6O6.2H2O/c5-1(3(7)8)2(6)4(9)10;;/h1-2,5-6H,(H,7,8)(H,9,10);2*1H2/t1-,2-;;/m1../s1. The summed E-state index contributed by atoms with van der Waals surface area (Å²) in [5, 5.41) is 32.5. The number of carboxylic acids is 2. The van der Waals surface area contributed by atoms with Gasteiger partial charge < -0.3 is 31.4 Å². The smallest absolute Gasteiger partial charge is 0.335 e. The van der Waals surface area contributed by atoms with Crippen LogP contribution in [0.15, 0.2) is 0 Å². The topological polar surface area (TPSA) is 178 Å². The summed E-state index contributed by atoms with van der Waals surface area (Å²) in [6.07, 6.45) is -4.53. The van der Waals surface area contributed by atoms with Crippen molar-refractivity contribution in [2.45, 2.75) is 12.2 Å². The molecule has 74 valence electrons. The van der Waals surface area contributed by atoms with Crippen molar-refractivity contribution in [2.75, 3.05) is 0 Å². The van der Waals surface area contributed by atoms with Gasteiger partial charge in [-0.15, -0.1) is 0 Å². The number of aliphatic carboxylic acids is 2. The largest absolute Gasteiger partial charge is 0.479 e. The lowest BCUT2D eigenvalue weighted by molar-refractivity contribution is -0.165. The highest BCUT2D eigenvalue weighted by molar-refractivity contribution is 5.82. The van der Waals surface area contributed by atoms with E-state index in [1.165, 1.54) is 0 Å². The van der Waals surface area contributed by atoms with Crippen molar-refractivity contribution in [2.24, 2.45) is 0 Å². The van der Waals surface area contributed by atoms with E-state index in [-0.39, 0.29) is 11.0 Å². The minimum Gasteiger partial charge on any atom is -0.479 e. The van der Waals surface area contributed by atoms with Gasteiger partial charge in [-0.1, -0.05) is 0 Å². The van der Waals surface area contributed by atoms with Crippen molar-refractivity contribution >= 4 is 11.9 Å². The Hall–Kier alpha value is -1.22. The molecule has 8 heteroatoms. The molecule has 0 aromatic rings. The minimum absolute atomic E-state index is 0. The van der Waals surface area contributed by atoms with Gasteiger partial charge in [-0.2, -0.15) is 0 Å². The maximum atomic E-state index is 9.77. The normalized spacial score (nSPS) is 13.2. The lowest BCUT2D eigenvalue weighted by atomic mass is 10.2. The second-order valence-corrected chi connectivity index (χ2v) is 1.57. The number of rotatable bonds is 3. The van der Waals surface area contributed by atoms with Gasteiger partial charge in [-0.25, -0.2) is 9.59 Å². The first-order valence-electron chi connectivity index (χ1n) is 2.28. The Morgan fingerprint density at radius 3 is 1.08 bits per heavy atom. The fraction of sp³-hybridized carbons (Fsp3) is 0.500. The van der Waals surface area contributed by atoms with Crippen molar-refractivity contribution in [3.8, 4) is 0 Å². The van der Waals surface area contributed by atoms with Gasteiger partial charge >= 0.3 is 11.9 Å². The third-order valence-electron chi connectivity index (χ3n) is 0.805. The average Bonchev–Trinajstić information content (AvgIpc) is 1.84. The second-order valence-electron chi connectivity index (χ2n) is 1.57. The molecule has 0 heterocycles. The zero-order valence-electron chi connectivity index (χ0n) is 5.76. The maximum Gasteiger partial charge on any atom is 0.335 e. The molecule has 0 saturated heterocycles. The molecule has 8 nitrogen and oxygen atoms in total. The predicted octanol–water partition coefficient (Wildman–Crippen LogP) is -3.77. The third-order valence-corrected chi connectivity index (χ3v) is 0.805. The Balaban J connectivity index is -0.000000405. The predicted molar refractivity (Wildman–Crippen MR) is 34.5 cm³/mol. The minimum atomic E-state index is -2.27. The number of hydrogen-bond acceptors (Lipinski definition) is 4. The van der Waals surface area contributed by atoms with Gasteiger partial charge in [-0.3, -0.25) is 0 Å². The third kappa shape index (κ3) is 4.57. The van der Waals surface area contributed by atoms with Crippen LogP contribution >= 0.6 is 0 Å². The summed E-state index contributed by atoms with van der Waals surface area (Å²) in [5.41, 5.74) is 0. The van der Waals surface area contributed by atoms with Crippen LogP contribution in [0.1, 0.15) is 0 Å². The zero-order valence-corrected chi connectivity index (χ0v) is 5.76. The number of carbonyl (C=O) groups is 2. The maximum absolute atomic E-state index is 9.77. The van der Waals surface area contributed by atoms with Gasteiger partial charge in [0.05, 0.1) is 0 Å². The molecule has 0 aliphatic heterocycles. The summed E-state index contributed by atoms with van der Waals surface area (Å²) >= 11 is 0. The zero-order chi connectivity index (χ0) is 8.31. The monoisotopic (exact) mass is 186 g/mol. The van der Waals surface area contributed by atoms with Crippen LogP contribution < -0.4 is 0 Å². The molecule has 0 saturated carbocycles. The van der Waals surface area contributed by atoms with E-state index in [0.717, 1.165) is 0 Å². The number of aliphatic hydroxyl groups excluding tert-OH is 2. The van der Waals surface area contributed by atoms with Crippen LogP contribution in [0.5, 0.6) is 0 Å². The first kappa shape index (κ1) is 17.0. The van der Waals surface area contributed by atoms with Gasteiger partial charge in [-0.05, 0) is 0 Å². The van der Waals surface area contributed by atoms with E-state index in [1.54, 1.807) is 0 Å². The van der Waals surface area contributed by atoms with Crippen LogP contribution in [-0.2, 0) is 9.59 Å². The number of aliphatic hydroxyl groups is 2. The summed E-state index contributed by atoms with van der Waals surface area (Å²) in [6.45, 7) is 0. The highest BCUT2D eigenvalue weighted by atomic mass is 16.4. The first-order valence-corrected chi connectivity index (χ1v) is 2.28. The fourth-order valence-corrected chi connectivity index (χ4v) is 0.270. The van der Waals surface area contributed by atoms with E-state index in [1.807, 2.05) is 0 Å². The fourth-order valence-electron chi connectivity index (χ4n) is 0.270. The van der Waals surface area contributed by atoms with Gasteiger partial charge in [0.15, 0.2) is 12.2 Å². The Bertz CT molecular complexity index is 135. The van der Waals surface area contributed by atoms with Crippen LogP contribution in [0.4, 0.5) is 0 Å². The molecule has 0 aliphatic carbocycles. The highest BCUT2D eigenvalue weighted by Crippen LogP contribution is 1.92. The van der Waals surface area contributed by atoms with Gasteiger partial charge in [0.2, 0.25) is 0 Å². The Kier molecular flexibility index (Phi) is 9.21. The molecular weight excluding hydrogens is 176 g/mol. The van der Waals surface area contributed by atoms with Gasteiger partial charge in [0, 0.05) is 0 Å². The van der Waals surface area contributed by atoms with Crippen molar-refractivity contribution in [1.29, 1.82) is 0 Å². The van der Waals surface area contributed by atoms with Crippen LogP contribution in [0, 0.1) is 0 Å². The SMILES string of the molecule is O.O.O=C(O)[C@H](O)[C@@H](O)C(=O)O. The van der Waals surface area contributed by atoms with Crippen LogP contribution in [0.3, 0.4) is 0 Å². The van der Waals surface area contributed by atoms with Gasteiger partial charge in [0.1, 0.15) is 0 Å². The van der Waals surface area contributed by atoms with Crippen molar-refractivity contribution in [1.82, 2.24) is 0 Å². The average molecular weight is 186 g/mol. The van der Waals surface area contributed by atoms with E-state index in [2.05, 4.69) is 0 Å². The number of carboxylic acid groups (broad SMARTS) is 2. The van der Waals surface area contributed by atoms with E-state index < -0.39 is 24.1 Å². The lowest BCUT2D eigenvalue weighted by Gasteiger charge is -2.07. The van der Waals surface area contributed by atoms with Gasteiger partial charge in [0.25, 0.3) is 0 Å². The Labute approximate surface area is 66.3 Å². The molecule has 0 radical (unpaired) electrons. The molecule has 0 rings (SSSR count). The van der Waals surface area contributed by atoms with Crippen LogP contribution in [0.25, 0.3) is 0 Å². The van der Waals surface area contributed by atoms with Crippen molar-refractivity contribution in [3.05, 3.63) is 0 Å². The summed E-state index contributed by atoms with van der Waals surface area (Å²) in [6, 6.07) is 0. The Morgan fingerprint density at radius 1 is 0.833 bits per heavy atom.